The van der Waals surface area contributed by atoms with Gasteiger partial charge in [-0.05, 0) is 43.7 Å². The van der Waals surface area contributed by atoms with Gasteiger partial charge in [0, 0.05) is 23.0 Å². The van der Waals surface area contributed by atoms with Gasteiger partial charge in [-0.2, -0.15) is 0 Å². The number of primary amides is 1. The van der Waals surface area contributed by atoms with Crippen molar-refractivity contribution in [2.24, 2.45) is 5.73 Å². The SMILES string of the molecule is COc1ccc(F)cc1-c1cc(NC(N)=O)c(C(=O)N[C@H]2CCCCNC2)s1. The number of hydrogen-bond donors (Lipinski definition) is 4. The second kappa shape index (κ2) is 9.03. The summed E-state index contributed by atoms with van der Waals surface area (Å²) in [6.07, 6.45) is 2.98. The van der Waals surface area contributed by atoms with E-state index in [0.717, 1.165) is 37.1 Å². The van der Waals surface area contributed by atoms with E-state index >= 15 is 0 Å². The standard InChI is InChI=1S/C19H23FN4O3S/c1-27-15-6-5-11(20)8-13(15)16-9-14(24-19(21)26)17(28-16)18(25)23-12-4-2-3-7-22-10-12/h5-6,8-9,12,22H,2-4,7,10H2,1H3,(H,23,25)(H3,21,24,26)/t12-/m0/s1. The van der Waals surface area contributed by atoms with Crippen molar-refractivity contribution in [2.75, 3.05) is 25.5 Å². The minimum Gasteiger partial charge on any atom is -0.496 e. The maximum Gasteiger partial charge on any atom is 0.316 e. The van der Waals surface area contributed by atoms with Crippen molar-refractivity contribution in [3.05, 3.63) is 35.0 Å². The molecule has 0 spiro atoms. The van der Waals surface area contributed by atoms with E-state index in [-0.39, 0.29) is 17.6 Å². The summed E-state index contributed by atoms with van der Waals surface area (Å²) in [5.74, 6) is -0.263. The molecule has 1 saturated heterocycles. The zero-order chi connectivity index (χ0) is 20.1. The highest BCUT2D eigenvalue weighted by molar-refractivity contribution is 7.18. The lowest BCUT2D eigenvalue weighted by atomic mass is 10.1. The Morgan fingerprint density at radius 2 is 2.14 bits per heavy atom. The number of urea groups is 1. The number of carbonyl (C=O) groups is 2. The maximum absolute atomic E-state index is 13.8. The molecule has 1 fully saturated rings. The van der Waals surface area contributed by atoms with E-state index < -0.39 is 11.8 Å². The molecule has 7 nitrogen and oxygen atoms in total. The molecule has 9 heteroatoms. The molecule has 3 rings (SSSR count). The van der Waals surface area contributed by atoms with Crippen molar-refractivity contribution < 1.29 is 18.7 Å². The van der Waals surface area contributed by atoms with E-state index in [0.29, 0.717) is 27.6 Å². The molecule has 0 saturated carbocycles. The number of carbonyl (C=O) groups excluding carboxylic acids is 2. The molecule has 0 aliphatic carbocycles. The molecule has 1 aliphatic rings. The van der Waals surface area contributed by atoms with Crippen molar-refractivity contribution in [3.63, 3.8) is 0 Å². The van der Waals surface area contributed by atoms with Gasteiger partial charge in [-0.3, -0.25) is 4.79 Å². The molecule has 5 N–H and O–H groups in total. The van der Waals surface area contributed by atoms with Gasteiger partial charge >= 0.3 is 6.03 Å². The first-order valence-electron chi connectivity index (χ1n) is 9.03. The van der Waals surface area contributed by atoms with Gasteiger partial charge in [0.05, 0.1) is 12.8 Å². The number of hydrogen-bond acceptors (Lipinski definition) is 5. The smallest absolute Gasteiger partial charge is 0.316 e. The molecule has 2 aromatic rings. The Bertz CT molecular complexity index is 863. The van der Waals surface area contributed by atoms with Gasteiger partial charge < -0.3 is 26.4 Å². The summed E-state index contributed by atoms with van der Waals surface area (Å²) in [6.45, 7) is 1.63. The largest absolute Gasteiger partial charge is 0.496 e. The van der Waals surface area contributed by atoms with Gasteiger partial charge in [0.25, 0.3) is 5.91 Å². The van der Waals surface area contributed by atoms with Crippen LogP contribution in [-0.4, -0.2) is 38.2 Å². The van der Waals surface area contributed by atoms with Gasteiger partial charge in [0.15, 0.2) is 0 Å². The predicted octanol–water partition coefficient (Wildman–Crippen LogP) is 2.93. The minimum atomic E-state index is -0.777. The lowest BCUT2D eigenvalue weighted by molar-refractivity contribution is 0.0940. The van der Waals surface area contributed by atoms with E-state index in [4.69, 9.17) is 10.5 Å². The fraction of sp³-hybridized carbons (Fsp3) is 0.368. The Balaban J connectivity index is 1.92. The summed E-state index contributed by atoms with van der Waals surface area (Å²) in [5, 5.41) is 8.78. The van der Waals surface area contributed by atoms with Crippen LogP contribution in [0.1, 0.15) is 28.9 Å². The normalized spacial score (nSPS) is 16.9. The molecule has 1 aliphatic heterocycles. The summed E-state index contributed by atoms with van der Waals surface area (Å²) in [6, 6.07) is 4.97. The van der Waals surface area contributed by atoms with Crippen LogP contribution in [0.4, 0.5) is 14.9 Å². The van der Waals surface area contributed by atoms with Crippen molar-refractivity contribution in [3.8, 4) is 16.2 Å². The van der Waals surface area contributed by atoms with Crippen LogP contribution >= 0.6 is 11.3 Å². The number of anilines is 1. The molecule has 0 radical (unpaired) electrons. The first-order valence-corrected chi connectivity index (χ1v) is 9.85. The van der Waals surface area contributed by atoms with E-state index in [1.807, 2.05) is 0 Å². The minimum absolute atomic E-state index is 0.00526. The van der Waals surface area contributed by atoms with Gasteiger partial charge in [-0.15, -0.1) is 11.3 Å². The maximum atomic E-state index is 13.8. The Hall–Kier alpha value is -2.65. The molecule has 2 heterocycles. The second-order valence-electron chi connectivity index (χ2n) is 6.56. The zero-order valence-corrected chi connectivity index (χ0v) is 16.3. The highest BCUT2D eigenvalue weighted by Crippen LogP contribution is 2.39. The highest BCUT2D eigenvalue weighted by atomic mass is 32.1. The van der Waals surface area contributed by atoms with Gasteiger partial charge in [0.2, 0.25) is 0 Å². The Kier molecular flexibility index (Phi) is 6.48. The van der Waals surface area contributed by atoms with Gasteiger partial charge in [-0.25, -0.2) is 9.18 Å². The van der Waals surface area contributed by atoms with Crippen LogP contribution in [-0.2, 0) is 0 Å². The highest BCUT2D eigenvalue weighted by Gasteiger charge is 2.23. The molecule has 28 heavy (non-hydrogen) atoms. The number of halogens is 1. The quantitative estimate of drug-likeness (QED) is 0.613. The number of methoxy groups -OCH3 is 1. The monoisotopic (exact) mass is 406 g/mol. The summed E-state index contributed by atoms with van der Waals surface area (Å²) in [7, 11) is 1.49. The number of ether oxygens (including phenoxy) is 1. The van der Waals surface area contributed by atoms with Crippen molar-refractivity contribution in [2.45, 2.75) is 25.3 Å². The van der Waals surface area contributed by atoms with Crippen LogP contribution < -0.4 is 26.4 Å². The molecular formula is C19H23FN4O3S. The molecule has 1 aromatic carbocycles. The van der Waals surface area contributed by atoms with Crippen molar-refractivity contribution in [1.82, 2.24) is 10.6 Å². The summed E-state index contributed by atoms with van der Waals surface area (Å²) in [5.41, 5.74) is 6.04. The Labute approximate surface area is 166 Å². The number of nitrogens with one attached hydrogen (secondary N) is 3. The molecule has 3 amide bonds. The molecule has 1 aromatic heterocycles. The predicted molar refractivity (Wildman–Crippen MR) is 107 cm³/mol. The topological polar surface area (TPSA) is 105 Å². The van der Waals surface area contributed by atoms with Crippen LogP contribution in [0.5, 0.6) is 5.75 Å². The first-order chi connectivity index (χ1) is 13.5. The third-order valence-corrected chi connectivity index (χ3v) is 5.67. The number of rotatable bonds is 5. The fourth-order valence-electron chi connectivity index (χ4n) is 3.18. The molecule has 1 atom stereocenters. The average Bonchev–Trinajstić information content (AvgIpc) is 2.89. The molecule has 150 valence electrons. The van der Waals surface area contributed by atoms with Crippen LogP contribution in [0.15, 0.2) is 24.3 Å². The lowest BCUT2D eigenvalue weighted by Gasteiger charge is -2.16. The van der Waals surface area contributed by atoms with E-state index in [1.165, 1.54) is 25.3 Å². The van der Waals surface area contributed by atoms with Crippen LogP contribution in [0, 0.1) is 5.82 Å². The van der Waals surface area contributed by atoms with Gasteiger partial charge in [0.1, 0.15) is 16.4 Å². The fourth-order valence-corrected chi connectivity index (χ4v) is 4.22. The lowest BCUT2D eigenvalue weighted by Crippen LogP contribution is -2.40. The zero-order valence-electron chi connectivity index (χ0n) is 15.5. The molecule has 0 unspecified atom stereocenters. The summed E-state index contributed by atoms with van der Waals surface area (Å²) >= 11 is 1.15. The number of amides is 3. The summed E-state index contributed by atoms with van der Waals surface area (Å²) in [4.78, 5) is 25.2. The molecular weight excluding hydrogens is 383 g/mol. The third kappa shape index (κ3) is 4.79. The first kappa shape index (κ1) is 20.1. The summed E-state index contributed by atoms with van der Waals surface area (Å²) < 4.78 is 19.1. The van der Waals surface area contributed by atoms with E-state index in [9.17, 15) is 14.0 Å². The number of thiophene rings is 1. The van der Waals surface area contributed by atoms with Crippen molar-refractivity contribution in [1.29, 1.82) is 0 Å². The Morgan fingerprint density at radius 1 is 1.32 bits per heavy atom. The average molecular weight is 406 g/mol. The number of nitrogens with two attached hydrogens (primary N) is 1. The van der Waals surface area contributed by atoms with E-state index in [1.54, 1.807) is 6.07 Å². The number of benzene rings is 1. The molecule has 0 bridgehead atoms. The second-order valence-corrected chi connectivity index (χ2v) is 7.61. The van der Waals surface area contributed by atoms with Crippen LogP contribution in [0.25, 0.3) is 10.4 Å². The van der Waals surface area contributed by atoms with Crippen LogP contribution in [0.2, 0.25) is 0 Å². The van der Waals surface area contributed by atoms with Crippen LogP contribution in [0.3, 0.4) is 0 Å². The third-order valence-electron chi connectivity index (χ3n) is 4.51. The van der Waals surface area contributed by atoms with Crippen molar-refractivity contribution >= 4 is 29.0 Å². The van der Waals surface area contributed by atoms with E-state index in [2.05, 4.69) is 16.0 Å². The van der Waals surface area contributed by atoms with Gasteiger partial charge in [-0.1, -0.05) is 6.42 Å². The Morgan fingerprint density at radius 3 is 2.89 bits per heavy atom.